The van der Waals surface area contributed by atoms with E-state index in [9.17, 15) is 9.59 Å². The van der Waals surface area contributed by atoms with Gasteiger partial charge in [0.05, 0.1) is 11.6 Å². The first kappa shape index (κ1) is 14.6. The first-order valence-corrected chi connectivity index (χ1v) is 6.77. The summed E-state index contributed by atoms with van der Waals surface area (Å²) in [5.41, 5.74) is 0. The monoisotopic (exact) mass is 279 g/mol. The van der Waals surface area contributed by atoms with Crippen molar-refractivity contribution in [3.63, 3.8) is 0 Å². The molecule has 2 saturated heterocycles. The van der Waals surface area contributed by atoms with Crippen molar-refractivity contribution in [3.05, 3.63) is 0 Å². The fourth-order valence-electron chi connectivity index (χ4n) is 1.95. The molecule has 2 N–H and O–H groups in total. The molecule has 2 heterocycles. The molecule has 2 rings (SSSR count). The summed E-state index contributed by atoms with van der Waals surface area (Å²) in [4.78, 5) is 24.6. The third-order valence-corrected chi connectivity index (χ3v) is 3.81. The van der Waals surface area contributed by atoms with Crippen molar-refractivity contribution in [2.75, 3.05) is 31.3 Å². The summed E-state index contributed by atoms with van der Waals surface area (Å²) >= 11 is 1.56. The normalized spacial score (nSPS) is 21.2. The molecule has 2 amide bonds. The molecular weight excluding hydrogens is 262 g/mol. The molecule has 0 aromatic rings. The van der Waals surface area contributed by atoms with Gasteiger partial charge in [-0.1, -0.05) is 0 Å². The molecule has 0 saturated carbocycles. The van der Waals surface area contributed by atoms with Crippen LogP contribution in [0.3, 0.4) is 0 Å². The summed E-state index contributed by atoms with van der Waals surface area (Å²) in [7, 11) is 0. The zero-order valence-electron chi connectivity index (χ0n) is 9.61. The van der Waals surface area contributed by atoms with Crippen LogP contribution in [0.4, 0.5) is 0 Å². The Morgan fingerprint density at radius 3 is 2.76 bits per heavy atom. The van der Waals surface area contributed by atoms with E-state index in [0.717, 1.165) is 25.9 Å². The Labute approximate surface area is 111 Å². The van der Waals surface area contributed by atoms with Gasteiger partial charge in [-0.15, -0.1) is 24.2 Å². The molecule has 0 unspecified atom stereocenters. The number of rotatable bonds is 3. The van der Waals surface area contributed by atoms with Crippen molar-refractivity contribution in [1.29, 1.82) is 0 Å². The van der Waals surface area contributed by atoms with Crippen LogP contribution < -0.4 is 10.6 Å². The van der Waals surface area contributed by atoms with E-state index in [0.29, 0.717) is 11.6 Å². The van der Waals surface area contributed by atoms with E-state index < -0.39 is 0 Å². The van der Waals surface area contributed by atoms with Crippen LogP contribution in [-0.4, -0.2) is 54.0 Å². The Balaban J connectivity index is 0.00000144. The zero-order chi connectivity index (χ0) is 11.4. The molecule has 5 nitrogen and oxygen atoms in total. The number of halogens is 1. The topological polar surface area (TPSA) is 61.4 Å². The molecule has 98 valence electrons. The Kier molecular flexibility index (Phi) is 6.08. The van der Waals surface area contributed by atoms with Crippen LogP contribution in [-0.2, 0) is 9.59 Å². The first-order chi connectivity index (χ1) is 7.75. The van der Waals surface area contributed by atoms with Crippen molar-refractivity contribution in [1.82, 2.24) is 15.5 Å². The minimum Gasteiger partial charge on any atom is -0.352 e. The highest BCUT2D eigenvalue weighted by molar-refractivity contribution is 8.00. The Morgan fingerprint density at radius 1 is 1.47 bits per heavy atom. The van der Waals surface area contributed by atoms with Crippen LogP contribution in [0, 0.1) is 0 Å². The largest absolute Gasteiger partial charge is 0.352 e. The van der Waals surface area contributed by atoms with E-state index in [1.807, 2.05) is 0 Å². The van der Waals surface area contributed by atoms with Crippen molar-refractivity contribution in [2.24, 2.45) is 0 Å². The first-order valence-electron chi connectivity index (χ1n) is 5.61. The number of piperidine rings is 1. The summed E-state index contributed by atoms with van der Waals surface area (Å²) in [5, 5.41) is 6.23. The van der Waals surface area contributed by atoms with Gasteiger partial charge in [-0.25, -0.2) is 0 Å². The van der Waals surface area contributed by atoms with Crippen LogP contribution >= 0.6 is 24.2 Å². The molecule has 17 heavy (non-hydrogen) atoms. The van der Waals surface area contributed by atoms with E-state index in [4.69, 9.17) is 0 Å². The fraction of sp³-hybridized carbons (Fsp3) is 0.800. The van der Waals surface area contributed by atoms with E-state index in [1.54, 1.807) is 16.7 Å². The molecule has 0 bridgehead atoms. The molecule has 0 aromatic carbocycles. The molecule has 0 aromatic heterocycles. The smallest absolute Gasteiger partial charge is 0.239 e. The Bertz CT molecular complexity index is 285. The lowest BCUT2D eigenvalue weighted by Crippen LogP contribution is -2.46. The number of nitrogens with zero attached hydrogens (tertiary/aromatic N) is 1. The van der Waals surface area contributed by atoms with Gasteiger partial charge in [0, 0.05) is 6.04 Å². The molecular formula is C10H18ClN3O2S. The molecule has 0 spiro atoms. The molecule has 7 heteroatoms. The zero-order valence-corrected chi connectivity index (χ0v) is 11.2. The summed E-state index contributed by atoms with van der Waals surface area (Å²) in [6.07, 6.45) is 1.96. The van der Waals surface area contributed by atoms with Crippen LogP contribution in [0.1, 0.15) is 12.8 Å². The quantitative estimate of drug-likeness (QED) is 0.752. The van der Waals surface area contributed by atoms with Crippen molar-refractivity contribution >= 4 is 36.0 Å². The number of carbonyl (C=O) groups is 2. The van der Waals surface area contributed by atoms with Gasteiger partial charge in [0.2, 0.25) is 11.8 Å². The van der Waals surface area contributed by atoms with Gasteiger partial charge in [-0.2, -0.15) is 0 Å². The summed E-state index contributed by atoms with van der Waals surface area (Å²) in [6.45, 7) is 2.14. The van der Waals surface area contributed by atoms with Crippen LogP contribution in [0.2, 0.25) is 0 Å². The minimum absolute atomic E-state index is 0. The third kappa shape index (κ3) is 4.37. The fourth-order valence-corrected chi connectivity index (χ4v) is 2.86. The predicted octanol–water partition coefficient (Wildman–Crippen LogP) is -0.191. The lowest BCUT2D eigenvalue weighted by atomic mass is 10.1. The highest BCUT2D eigenvalue weighted by Crippen LogP contribution is 2.14. The Hall–Kier alpha value is -0.460. The van der Waals surface area contributed by atoms with Gasteiger partial charge in [-0.3, -0.25) is 9.59 Å². The maximum absolute atomic E-state index is 11.7. The van der Waals surface area contributed by atoms with Gasteiger partial charge in [0.25, 0.3) is 0 Å². The summed E-state index contributed by atoms with van der Waals surface area (Å²) in [5.74, 6) is 1.22. The molecule has 0 radical (unpaired) electrons. The molecule has 2 fully saturated rings. The van der Waals surface area contributed by atoms with Gasteiger partial charge < -0.3 is 15.5 Å². The average Bonchev–Trinajstić information content (AvgIpc) is 2.66. The van der Waals surface area contributed by atoms with E-state index >= 15 is 0 Å². The SMILES string of the molecule is Cl.O=C(CN1CSCC1=O)NC1CCNCC1. The highest BCUT2D eigenvalue weighted by atomic mass is 35.5. The lowest BCUT2D eigenvalue weighted by molar-refractivity contribution is -0.132. The van der Waals surface area contributed by atoms with Crippen molar-refractivity contribution in [3.8, 4) is 0 Å². The second-order valence-corrected chi connectivity index (χ2v) is 5.12. The molecule has 2 aliphatic rings. The average molecular weight is 280 g/mol. The van der Waals surface area contributed by atoms with Gasteiger partial charge in [0.1, 0.15) is 6.54 Å². The molecule has 0 aliphatic carbocycles. The predicted molar refractivity (Wildman–Crippen MR) is 70.3 cm³/mol. The second-order valence-electron chi connectivity index (χ2n) is 4.16. The maximum atomic E-state index is 11.7. The summed E-state index contributed by atoms with van der Waals surface area (Å²) < 4.78 is 0. The van der Waals surface area contributed by atoms with Gasteiger partial charge >= 0.3 is 0 Å². The van der Waals surface area contributed by atoms with E-state index in [-0.39, 0.29) is 36.8 Å². The number of nitrogens with one attached hydrogen (secondary N) is 2. The number of hydrogen-bond acceptors (Lipinski definition) is 4. The van der Waals surface area contributed by atoms with E-state index in [2.05, 4.69) is 10.6 Å². The van der Waals surface area contributed by atoms with Crippen LogP contribution in [0.15, 0.2) is 0 Å². The number of thioether (sulfide) groups is 1. The number of hydrogen-bond donors (Lipinski definition) is 2. The number of amides is 2. The summed E-state index contributed by atoms with van der Waals surface area (Å²) in [6, 6.07) is 0.277. The van der Waals surface area contributed by atoms with Gasteiger partial charge in [-0.05, 0) is 25.9 Å². The van der Waals surface area contributed by atoms with Crippen LogP contribution in [0.25, 0.3) is 0 Å². The van der Waals surface area contributed by atoms with Gasteiger partial charge in [0.15, 0.2) is 0 Å². The minimum atomic E-state index is -0.0252. The van der Waals surface area contributed by atoms with Crippen molar-refractivity contribution < 1.29 is 9.59 Å². The second kappa shape index (κ2) is 7.08. The van der Waals surface area contributed by atoms with Crippen LogP contribution in [0.5, 0.6) is 0 Å². The lowest BCUT2D eigenvalue weighted by Gasteiger charge is -2.24. The molecule has 0 atom stereocenters. The third-order valence-electron chi connectivity index (χ3n) is 2.86. The maximum Gasteiger partial charge on any atom is 0.239 e. The van der Waals surface area contributed by atoms with E-state index in [1.165, 1.54) is 0 Å². The van der Waals surface area contributed by atoms with Crippen molar-refractivity contribution in [2.45, 2.75) is 18.9 Å². The standard InChI is InChI=1S/C10H17N3O2S.ClH/c14-9(5-13-7-16-6-10(13)15)12-8-1-3-11-4-2-8;/h8,11H,1-7H2,(H,12,14);1H. The molecule has 2 aliphatic heterocycles. The highest BCUT2D eigenvalue weighted by Gasteiger charge is 2.24. The Morgan fingerprint density at radius 2 is 2.18 bits per heavy atom. The number of carbonyl (C=O) groups excluding carboxylic acids is 2.